The molecule has 1 aromatic heterocycles. The third-order valence-corrected chi connectivity index (χ3v) is 11.9. The summed E-state index contributed by atoms with van der Waals surface area (Å²) in [4.78, 5) is 89.7. The zero-order valence-electron chi connectivity index (χ0n) is 34.1. The molecule has 3 aliphatic heterocycles. The van der Waals surface area contributed by atoms with Crippen molar-refractivity contribution in [2.75, 3.05) is 13.7 Å². The number of ketones is 4. The summed E-state index contributed by atoms with van der Waals surface area (Å²) in [5.41, 5.74) is -1.67. The summed E-state index contributed by atoms with van der Waals surface area (Å²) < 4.78 is 23.4. The largest absolute Gasteiger partial charge is 0.507 e. The van der Waals surface area contributed by atoms with Crippen LogP contribution in [0.1, 0.15) is 90.3 Å². The second-order valence-corrected chi connectivity index (χ2v) is 15.9. The van der Waals surface area contributed by atoms with Gasteiger partial charge in [-0.2, -0.15) is 0 Å². The van der Waals surface area contributed by atoms with Gasteiger partial charge < -0.3 is 49.9 Å². The summed E-state index contributed by atoms with van der Waals surface area (Å²) in [6.45, 7) is 10.3. The van der Waals surface area contributed by atoms with Gasteiger partial charge in [0.25, 0.3) is 11.7 Å². The van der Waals surface area contributed by atoms with Crippen molar-refractivity contribution in [2.24, 2.45) is 29.6 Å². The number of H-pyrrole nitrogens is 1. The number of benzene rings is 1. The summed E-state index contributed by atoms with van der Waals surface area (Å²) in [6.07, 6.45) is 3.15. The van der Waals surface area contributed by atoms with E-state index in [0.29, 0.717) is 12.1 Å². The fourth-order valence-electron chi connectivity index (χ4n) is 8.26. The van der Waals surface area contributed by atoms with Crippen molar-refractivity contribution < 1.29 is 63.0 Å². The molecule has 10 atom stereocenters. The summed E-state index contributed by atoms with van der Waals surface area (Å²) in [5.74, 6) is -11.1. The second kappa shape index (κ2) is 16.5. The van der Waals surface area contributed by atoms with Crippen molar-refractivity contribution in [3.8, 4) is 11.5 Å². The van der Waals surface area contributed by atoms with Crippen LogP contribution in [0.2, 0.25) is 0 Å². The van der Waals surface area contributed by atoms with Crippen molar-refractivity contribution in [2.45, 2.75) is 91.5 Å². The van der Waals surface area contributed by atoms with Gasteiger partial charge in [0.1, 0.15) is 29.0 Å². The number of carbonyl (C=O) groups is 6. The maximum atomic E-state index is 14.6. The number of imidazole rings is 1. The van der Waals surface area contributed by atoms with Crippen molar-refractivity contribution in [1.82, 2.24) is 20.6 Å². The molecule has 0 spiro atoms. The molecule has 0 saturated heterocycles. The van der Waals surface area contributed by atoms with Crippen LogP contribution in [-0.2, 0) is 35.0 Å². The van der Waals surface area contributed by atoms with E-state index < -0.39 is 117 Å². The summed E-state index contributed by atoms with van der Waals surface area (Å²) in [7, 11) is 1.40. The monoisotopic (exact) mass is 818 g/mol. The van der Waals surface area contributed by atoms with Gasteiger partial charge >= 0.3 is 11.8 Å². The van der Waals surface area contributed by atoms with Gasteiger partial charge in [0.05, 0.1) is 47.6 Å². The fraction of sp³-hybridized carbons (Fsp3) is 0.500. The minimum absolute atomic E-state index is 0.0476. The van der Waals surface area contributed by atoms with Gasteiger partial charge in [-0.05, 0) is 38.3 Å². The molecule has 1 aromatic carbocycles. The number of fused-ring (bicyclic) bond motifs is 12. The molecule has 0 unspecified atom stereocenters. The number of amides is 1. The van der Waals surface area contributed by atoms with Gasteiger partial charge in [0, 0.05) is 80.6 Å². The van der Waals surface area contributed by atoms with E-state index in [-0.39, 0.29) is 41.1 Å². The first-order valence-electron chi connectivity index (χ1n) is 19.4. The van der Waals surface area contributed by atoms with Crippen molar-refractivity contribution in [1.29, 1.82) is 0 Å². The van der Waals surface area contributed by atoms with Crippen LogP contribution in [0.25, 0.3) is 0 Å². The number of hydrogen-bond acceptors (Lipinski definition) is 15. The summed E-state index contributed by atoms with van der Waals surface area (Å²) in [5, 5.41) is 39.7. The Balaban J connectivity index is 1.45. The standard InChI is InChI=1S/C42H50N4O13/c1-17-13-26(48)24-14-25(24)34(50)19(3)33(49)20(4)38(58-22(6)47)18(2)27(56-8)10-12-57-42(7)40(54)30-28-29(35(51)21(5)39(30)59-42)37(53)32(46-41(17)55)31(36(28)52)44-11-9-23-15-43-16-45-23/h10,12-13,15-16,18-20,24-25,27,33-34,38,44,49-51H,9,11,14H2,1-8H3,(H,43,45)(H,46,55)/b12-10+,17-13-/t18-,19+,20-,24-,25+,27+,33-,34-,38-,42+/m1/s1. The van der Waals surface area contributed by atoms with Crippen LogP contribution in [0.4, 0.5) is 0 Å². The predicted molar refractivity (Wildman–Crippen MR) is 207 cm³/mol. The Morgan fingerprint density at radius 3 is 2.37 bits per heavy atom. The van der Waals surface area contributed by atoms with Gasteiger partial charge in [-0.25, -0.2) is 4.98 Å². The quantitative estimate of drug-likeness (QED) is 0.229. The van der Waals surface area contributed by atoms with Crippen LogP contribution < -0.4 is 15.4 Å². The number of carbonyl (C=O) groups excluding carboxylic acids is 6. The second-order valence-electron chi connectivity index (χ2n) is 15.9. The molecule has 0 radical (unpaired) electrons. The van der Waals surface area contributed by atoms with Crippen LogP contribution in [0.3, 0.4) is 0 Å². The predicted octanol–water partition coefficient (Wildman–Crippen LogP) is 2.53. The third-order valence-electron chi connectivity index (χ3n) is 11.9. The van der Waals surface area contributed by atoms with Crippen LogP contribution in [0.15, 0.2) is 47.9 Å². The molecule has 6 N–H and O–H groups in total. The number of rotatable bonds is 6. The normalized spacial score (nSPS) is 32.7. The number of phenols is 1. The van der Waals surface area contributed by atoms with Gasteiger partial charge in [0.2, 0.25) is 11.6 Å². The summed E-state index contributed by atoms with van der Waals surface area (Å²) >= 11 is 0. The molecule has 59 heavy (non-hydrogen) atoms. The number of methoxy groups -OCH3 is 1. The number of phenolic OH excluding ortho intramolecular Hbond substituents is 1. The number of hydrogen-bond donors (Lipinski definition) is 6. The number of aromatic hydroxyl groups is 1. The number of nitrogens with zero attached hydrogens (tertiary/aromatic N) is 1. The molecule has 1 fully saturated rings. The lowest BCUT2D eigenvalue weighted by Crippen LogP contribution is -2.46. The zero-order chi connectivity index (χ0) is 43.2. The van der Waals surface area contributed by atoms with Crippen molar-refractivity contribution in [3.63, 3.8) is 0 Å². The average Bonchev–Trinajstić information content (AvgIpc) is 3.75. The van der Waals surface area contributed by atoms with E-state index in [1.807, 2.05) is 0 Å². The maximum absolute atomic E-state index is 14.6. The Bertz CT molecular complexity index is 2170. The van der Waals surface area contributed by atoms with E-state index in [1.54, 1.807) is 27.0 Å². The molecule has 316 valence electrons. The number of allylic oxidation sites excluding steroid dienone is 3. The van der Waals surface area contributed by atoms with Crippen LogP contribution in [-0.4, -0.2) is 104 Å². The SMILES string of the molecule is CO[C@H]1/C=C/O[C@@]2(C)Oc3c(C)c(O)c4c(c3C2=O)C(=O)C(NCCc2cnc[nH]2)=C(NC(=O)/C(C)=C\C(=O)[C@@H]2C[C@@H]2[C@H](O)[C@@H](C)[C@@H](O)[C@@H](C)[C@H](OC(C)=O)[C@@H]1C)C4=O. The van der Waals surface area contributed by atoms with Crippen LogP contribution in [0.5, 0.6) is 11.5 Å². The lowest BCUT2D eigenvalue weighted by atomic mass is 9.79. The first-order valence-corrected chi connectivity index (χ1v) is 19.4. The number of aliphatic hydroxyl groups excluding tert-OH is 2. The first kappa shape index (κ1) is 42.9. The lowest BCUT2D eigenvalue weighted by Gasteiger charge is -2.37. The van der Waals surface area contributed by atoms with Gasteiger partial charge in [0.15, 0.2) is 5.78 Å². The molecular weight excluding hydrogens is 768 g/mol. The van der Waals surface area contributed by atoms with Crippen molar-refractivity contribution in [3.05, 3.63) is 75.9 Å². The molecule has 1 saturated carbocycles. The molecule has 4 heterocycles. The Hall–Kier alpha value is -5.65. The van der Waals surface area contributed by atoms with Crippen molar-refractivity contribution >= 4 is 35.0 Å². The third kappa shape index (κ3) is 7.93. The highest BCUT2D eigenvalue weighted by Gasteiger charge is 2.53. The molecule has 17 heteroatoms. The highest BCUT2D eigenvalue weighted by molar-refractivity contribution is 6.32. The molecule has 1 amide bonds. The number of aromatic nitrogens is 2. The number of esters is 1. The summed E-state index contributed by atoms with van der Waals surface area (Å²) in [6, 6.07) is 0. The van der Waals surface area contributed by atoms with E-state index in [0.717, 1.165) is 12.3 Å². The smallest absolute Gasteiger partial charge is 0.312 e. The Morgan fingerprint density at radius 1 is 1.02 bits per heavy atom. The van der Waals surface area contributed by atoms with E-state index in [2.05, 4.69) is 20.6 Å². The molecule has 2 aromatic rings. The topological polar surface area (TPSA) is 253 Å². The average molecular weight is 819 g/mol. The van der Waals surface area contributed by atoms with E-state index >= 15 is 0 Å². The Labute approximate surface area is 340 Å². The Morgan fingerprint density at radius 2 is 1.73 bits per heavy atom. The minimum Gasteiger partial charge on any atom is -0.507 e. The minimum atomic E-state index is -2.12. The first-order chi connectivity index (χ1) is 27.8. The molecule has 2 aliphatic carbocycles. The van der Waals surface area contributed by atoms with Crippen LogP contribution in [0, 0.1) is 36.5 Å². The highest BCUT2D eigenvalue weighted by Crippen LogP contribution is 2.49. The van der Waals surface area contributed by atoms with Gasteiger partial charge in [-0.15, -0.1) is 0 Å². The van der Waals surface area contributed by atoms with Gasteiger partial charge in [-0.1, -0.05) is 20.8 Å². The lowest BCUT2D eigenvalue weighted by molar-refractivity contribution is -0.160. The maximum Gasteiger partial charge on any atom is 0.312 e. The number of Topliss-reactive ketones (excluding diaryl/α,β-unsaturated/α-hetero) is 3. The molecule has 5 bridgehead atoms. The molecule has 17 nitrogen and oxygen atoms in total. The van der Waals surface area contributed by atoms with E-state index in [1.165, 1.54) is 47.2 Å². The zero-order valence-corrected chi connectivity index (χ0v) is 34.1. The number of nitrogens with one attached hydrogen (secondary N) is 3. The van der Waals surface area contributed by atoms with E-state index in [4.69, 9.17) is 18.9 Å². The number of ether oxygens (including phenoxy) is 4. The number of aromatic amines is 1. The fourth-order valence-corrected chi connectivity index (χ4v) is 8.26. The number of aliphatic hydroxyl groups is 2. The highest BCUT2D eigenvalue weighted by atomic mass is 16.7. The van der Waals surface area contributed by atoms with Gasteiger partial charge in [-0.3, -0.25) is 28.8 Å². The molecule has 7 rings (SSSR count). The van der Waals surface area contributed by atoms with Crippen LogP contribution >= 0.6 is 0 Å². The van der Waals surface area contributed by atoms with E-state index in [9.17, 15) is 44.1 Å². The Kier molecular flexibility index (Phi) is 12.0. The molecular formula is C42H50N4O13. The molecule has 5 aliphatic rings.